The minimum atomic E-state index is -0.416. The average molecular weight is 457 g/mol. The van der Waals surface area contributed by atoms with E-state index in [2.05, 4.69) is 9.98 Å². The molecule has 0 saturated carbocycles. The zero-order chi connectivity index (χ0) is 23.4. The van der Waals surface area contributed by atoms with Gasteiger partial charge in [-0.15, -0.1) is 0 Å². The summed E-state index contributed by atoms with van der Waals surface area (Å²) in [4.78, 5) is 33.7. The number of nitrogens with zero attached hydrogens (tertiary/aromatic N) is 2. The number of ether oxygens (including phenoxy) is 1. The van der Waals surface area contributed by atoms with E-state index in [1.165, 1.54) is 7.11 Å². The van der Waals surface area contributed by atoms with Crippen molar-refractivity contribution in [2.45, 2.75) is 25.8 Å². The second-order valence-electron chi connectivity index (χ2n) is 7.53. The number of carbonyl (C=O) groups is 2. The van der Waals surface area contributed by atoms with Crippen LogP contribution >= 0.6 is 11.6 Å². The molecule has 0 radical (unpaired) electrons. The molecule has 0 saturated heterocycles. The van der Waals surface area contributed by atoms with Crippen LogP contribution in [0.25, 0.3) is 0 Å². The molecular weight excluding hydrogens is 430 g/mol. The van der Waals surface area contributed by atoms with Crippen LogP contribution in [0.2, 0.25) is 5.02 Å². The minimum absolute atomic E-state index is 0.121. The molecule has 2 amide bonds. The number of halogens is 1. The van der Waals surface area contributed by atoms with E-state index < -0.39 is 5.91 Å². The number of aromatic amines is 1. The van der Waals surface area contributed by atoms with Crippen molar-refractivity contribution in [2.24, 2.45) is 16.5 Å². The molecule has 2 aromatic rings. The van der Waals surface area contributed by atoms with Crippen LogP contribution in [0.3, 0.4) is 0 Å². The lowest BCUT2D eigenvalue weighted by molar-refractivity contribution is -0.378. The molecule has 0 aliphatic carbocycles. The summed E-state index contributed by atoms with van der Waals surface area (Å²) in [5, 5.41) is 0.276. The molecule has 32 heavy (non-hydrogen) atoms. The number of hydrogen-bond donors (Lipinski definition) is 2. The number of primary amides is 1. The van der Waals surface area contributed by atoms with Crippen molar-refractivity contribution in [3.8, 4) is 5.75 Å². The summed E-state index contributed by atoms with van der Waals surface area (Å²) in [5.41, 5.74) is 15.9. The van der Waals surface area contributed by atoms with Gasteiger partial charge in [-0.05, 0) is 31.5 Å². The van der Waals surface area contributed by atoms with Gasteiger partial charge in [0, 0.05) is 30.4 Å². The highest BCUT2D eigenvalue weighted by Gasteiger charge is 2.32. The van der Waals surface area contributed by atoms with Crippen LogP contribution < -0.4 is 21.2 Å². The first-order chi connectivity index (χ1) is 15.3. The van der Waals surface area contributed by atoms with E-state index in [9.17, 15) is 9.59 Å². The van der Waals surface area contributed by atoms with Gasteiger partial charge in [0.25, 0.3) is 5.91 Å². The fourth-order valence-electron chi connectivity index (χ4n) is 3.91. The molecule has 0 fully saturated rings. The fourth-order valence-corrected chi connectivity index (χ4v) is 4.19. The average Bonchev–Trinajstić information content (AvgIpc) is 2.77. The van der Waals surface area contributed by atoms with E-state index in [1.807, 2.05) is 13.0 Å². The number of amides is 2. The third-order valence-corrected chi connectivity index (χ3v) is 5.94. The maximum Gasteiger partial charge on any atom is 0.256 e. The molecule has 1 aromatic heterocycles. The molecule has 3 rings (SSSR count). The molecule has 168 valence electrons. The van der Waals surface area contributed by atoms with Crippen LogP contribution in [0.1, 0.15) is 34.8 Å². The van der Waals surface area contributed by atoms with Gasteiger partial charge >= 0.3 is 0 Å². The van der Waals surface area contributed by atoms with Gasteiger partial charge in [0.1, 0.15) is 5.75 Å². The molecule has 1 unspecified atom stereocenters. The van der Waals surface area contributed by atoms with Crippen LogP contribution in [-0.2, 0) is 11.2 Å². The first kappa shape index (κ1) is 23.3. The highest BCUT2D eigenvalue weighted by Crippen LogP contribution is 2.31. The molecule has 1 aliphatic rings. The van der Waals surface area contributed by atoms with Crippen molar-refractivity contribution in [3.05, 3.63) is 69.6 Å². The van der Waals surface area contributed by atoms with Gasteiger partial charge in [0.2, 0.25) is 5.91 Å². The van der Waals surface area contributed by atoms with Crippen LogP contribution in [0.4, 0.5) is 0 Å². The number of aliphatic imine (C=N–C) groups is 1. The summed E-state index contributed by atoms with van der Waals surface area (Å²) in [6, 6.07) is 6.62. The molecular formula is C23H27ClN5O3+. The third-order valence-electron chi connectivity index (χ3n) is 5.55. The Morgan fingerprint density at radius 1 is 1.34 bits per heavy atom. The number of nitrogens with one attached hydrogen (secondary N) is 1. The van der Waals surface area contributed by atoms with Crippen LogP contribution in [-0.4, -0.2) is 49.2 Å². The Labute approximate surface area is 191 Å². The largest absolute Gasteiger partial charge is 0.495 e. The predicted octanol–water partition coefficient (Wildman–Crippen LogP) is 1.76. The van der Waals surface area contributed by atoms with Crippen molar-refractivity contribution < 1.29 is 19.3 Å². The second-order valence-corrected chi connectivity index (χ2v) is 7.90. The molecule has 0 spiro atoms. The Bertz CT molecular complexity index is 1110. The first-order valence-corrected chi connectivity index (χ1v) is 10.5. The van der Waals surface area contributed by atoms with Crippen molar-refractivity contribution in [3.63, 3.8) is 0 Å². The third kappa shape index (κ3) is 4.60. The predicted molar refractivity (Wildman–Crippen MR) is 123 cm³/mol. The first-order valence-electron chi connectivity index (χ1n) is 10.2. The molecule has 5 N–H and O–H groups in total. The summed E-state index contributed by atoms with van der Waals surface area (Å²) < 4.78 is 5.23. The zero-order valence-electron chi connectivity index (χ0n) is 18.3. The maximum atomic E-state index is 13.2. The highest BCUT2D eigenvalue weighted by atomic mass is 35.5. The zero-order valence-corrected chi connectivity index (χ0v) is 19.1. The van der Waals surface area contributed by atoms with Gasteiger partial charge in [-0.3, -0.25) is 14.6 Å². The summed E-state index contributed by atoms with van der Waals surface area (Å²) in [6.07, 6.45) is 4.17. The number of rotatable bonds is 6. The van der Waals surface area contributed by atoms with E-state index in [1.54, 1.807) is 42.5 Å². The summed E-state index contributed by atoms with van der Waals surface area (Å²) in [5.74, 6) is -0.185. The SMILES string of the molecule is CN=C(C1=C(N)C(C)N(C(=O)c2cccc(OC)c2Cl)CC1)c1c[nH+]cc(CC(N)=O)c1. The number of carbonyl (C=O) groups excluding carboxylic acids is 2. The lowest BCUT2D eigenvalue weighted by Crippen LogP contribution is -2.46. The fraction of sp³-hybridized carbons (Fsp3) is 0.304. The lowest BCUT2D eigenvalue weighted by atomic mass is 9.91. The van der Waals surface area contributed by atoms with E-state index >= 15 is 0 Å². The number of hydrogen-bond acceptors (Lipinski definition) is 5. The van der Waals surface area contributed by atoms with E-state index in [0.29, 0.717) is 35.7 Å². The standard InChI is InChI=1S/C23H26ClN5O3/c1-13-21(26)17(22(27-2)15-9-14(10-19(25)30)11-28-12-15)7-8-29(13)23(31)16-5-4-6-18(32-3)20(16)24/h4-6,9,11-13H,7-8,10,26H2,1-3H3,(H2,25,30)/p+1. The number of pyridine rings is 1. The van der Waals surface area contributed by atoms with Gasteiger partial charge in [-0.1, -0.05) is 17.7 Å². The smallest absolute Gasteiger partial charge is 0.256 e. The summed E-state index contributed by atoms with van der Waals surface area (Å²) in [6.45, 7) is 2.33. The number of methoxy groups -OCH3 is 1. The lowest BCUT2D eigenvalue weighted by Gasteiger charge is -2.36. The van der Waals surface area contributed by atoms with E-state index in [0.717, 1.165) is 16.7 Å². The molecule has 1 atom stereocenters. The van der Waals surface area contributed by atoms with Crippen LogP contribution in [0.5, 0.6) is 5.75 Å². The summed E-state index contributed by atoms with van der Waals surface area (Å²) >= 11 is 6.37. The molecule has 1 aromatic carbocycles. The van der Waals surface area contributed by atoms with Gasteiger partial charge in [-0.25, -0.2) is 4.98 Å². The Kier molecular flexibility index (Phi) is 7.15. The molecule has 8 nitrogen and oxygen atoms in total. The Hall–Kier alpha value is -3.39. The Morgan fingerprint density at radius 3 is 2.75 bits per heavy atom. The molecule has 1 aliphatic heterocycles. The second kappa shape index (κ2) is 9.82. The van der Waals surface area contributed by atoms with E-state index in [4.69, 9.17) is 27.8 Å². The van der Waals surface area contributed by atoms with Crippen molar-refractivity contribution in [2.75, 3.05) is 20.7 Å². The van der Waals surface area contributed by atoms with Crippen molar-refractivity contribution in [1.29, 1.82) is 0 Å². The molecule has 0 bridgehead atoms. The van der Waals surface area contributed by atoms with Gasteiger partial charge in [0.05, 0.1) is 41.4 Å². The highest BCUT2D eigenvalue weighted by molar-refractivity contribution is 6.35. The normalized spacial score (nSPS) is 16.8. The number of nitrogens with two attached hydrogens (primary N) is 2. The van der Waals surface area contributed by atoms with Crippen molar-refractivity contribution in [1.82, 2.24) is 4.90 Å². The van der Waals surface area contributed by atoms with Gasteiger partial charge in [0.15, 0.2) is 12.4 Å². The number of H-pyrrole nitrogens is 1. The summed E-state index contributed by atoms with van der Waals surface area (Å²) in [7, 11) is 3.20. The number of aromatic nitrogens is 1. The minimum Gasteiger partial charge on any atom is -0.495 e. The van der Waals surface area contributed by atoms with Gasteiger partial charge in [-0.2, -0.15) is 0 Å². The van der Waals surface area contributed by atoms with Crippen LogP contribution in [0, 0.1) is 0 Å². The monoisotopic (exact) mass is 456 g/mol. The van der Waals surface area contributed by atoms with Crippen LogP contribution in [0.15, 0.2) is 52.9 Å². The maximum absolute atomic E-state index is 13.2. The Morgan fingerprint density at radius 2 is 2.09 bits per heavy atom. The number of benzene rings is 1. The topological polar surface area (TPSA) is 125 Å². The quantitative estimate of drug-likeness (QED) is 0.642. The van der Waals surface area contributed by atoms with Crippen molar-refractivity contribution >= 4 is 29.1 Å². The molecule has 2 heterocycles. The van der Waals surface area contributed by atoms with E-state index in [-0.39, 0.29) is 23.4 Å². The molecule has 9 heteroatoms. The van der Waals surface area contributed by atoms with Gasteiger partial charge < -0.3 is 21.1 Å². The Balaban J connectivity index is 1.91.